The molecule has 1 heteroatoms. The van der Waals surface area contributed by atoms with Gasteiger partial charge in [-0.2, -0.15) is 0 Å². The molecule has 0 radical (unpaired) electrons. The van der Waals surface area contributed by atoms with E-state index >= 15 is 0 Å². The summed E-state index contributed by atoms with van der Waals surface area (Å²) in [5.41, 5.74) is 0. The van der Waals surface area contributed by atoms with Crippen molar-refractivity contribution in [2.75, 3.05) is 0 Å². The molecular formula is C13H28O. The maximum Gasteiger partial charge on any atom is 0.0522 e. The van der Waals surface area contributed by atoms with E-state index in [-0.39, 0.29) is 0 Å². The van der Waals surface area contributed by atoms with Crippen molar-refractivity contribution in [3.63, 3.8) is 0 Å². The van der Waals surface area contributed by atoms with Crippen molar-refractivity contribution < 1.29 is 4.74 Å². The second-order valence-corrected chi connectivity index (χ2v) is 4.98. The highest BCUT2D eigenvalue weighted by Gasteiger charge is 2.05. The molecule has 14 heavy (non-hydrogen) atoms. The Morgan fingerprint density at radius 3 is 1.43 bits per heavy atom. The van der Waals surface area contributed by atoms with Crippen LogP contribution in [0.2, 0.25) is 0 Å². The predicted octanol–water partition coefficient (Wildman–Crippen LogP) is 4.41. The molecule has 1 fully saturated rings. The van der Waals surface area contributed by atoms with E-state index in [0.717, 1.165) is 5.92 Å². The van der Waals surface area contributed by atoms with Crippen molar-refractivity contribution in [3.8, 4) is 0 Å². The molecule has 0 bridgehead atoms. The minimum Gasteiger partial charge on any atom is -0.376 e. The van der Waals surface area contributed by atoms with E-state index in [1.54, 1.807) is 0 Å². The fraction of sp³-hybridized carbons (Fsp3) is 1.00. The fourth-order valence-electron chi connectivity index (χ4n) is 1.85. The van der Waals surface area contributed by atoms with Gasteiger partial charge in [-0.1, -0.05) is 39.0 Å². The van der Waals surface area contributed by atoms with Crippen molar-refractivity contribution in [2.45, 2.75) is 78.9 Å². The third-order valence-corrected chi connectivity index (χ3v) is 2.44. The average Bonchev–Trinajstić information content (AvgIpc) is 2.03. The molecule has 86 valence electrons. The number of hydrogen-bond acceptors (Lipinski definition) is 1. The van der Waals surface area contributed by atoms with E-state index in [2.05, 4.69) is 6.92 Å². The van der Waals surface area contributed by atoms with Crippen LogP contribution in [0.4, 0.5) is 0 Å². The van der Waals surface area contributed by atoms with E-state index in [4.69, 9.17) is 4.74 Å². The molecule has 0 heterocycles. The zero-order valence-corrected chi connectivity index (χ0v) is 10.7. The lowest BCUT2D eigenvalue weighted by Crippen LogP contribution is -2.09. The monoisotopic (exact) mass is 200 g/mol. The predicted molar refractivity (Wildman–Crippen MR) is 63.6 cm³/mol. The normalized spacial score (nSPS) is 18.2. The van der Waals surface area contributed by atoms with Crippen LogP contribution < -0.4 is 0 Å². The van der Waals surface area contributed by atoms with E-state index in [9.17, 15) is 0 Å². The second-order valence-electron chi connectivity index (χ2n) is 4.98. The van der Waals surface area contributed by atoms with Crippen LogP contribution >= 0.6 is 0 Å². The Hall–Kier alpha value is -0.0400. The lowest BCUT2D eigenvalue weighted by atomic mass is 9.91. The summed E-state index contributed by atoms with van der Waals surface area (Å²) >= 11 is 0. The highest BCUT2D eigenvalue weighted by atomic mass is 16.5. The Morgan fingerprint density at radius 1 is 0.857 bits per heavy atom. The van der Waals surface area contributed by atoms with Crippen molar-refractivity contribution in [3.05, 3.63) is 0 Å². The maximum atomic E-state index is 5.25. The molecule has 1 nitrogen and oxygen atoms in total. The first-order chi connectivity index (χ1) is 6.52. The quantitative estimate of drug-likeness (QED) is 0.641. The highest BCUT2D eigenvalue weighted by molar-refractivity contribution is 4.59. The van der Waals surface area contributed by atoms with Crippen LogP contribution in [-0.4, -0.2) is 12.2 Å². The van der Waals surface area contributed by atoms with Crippen molar-refractivity contribution in [2.24, 2.45) is 5.92 Å². The molecule has 0 aromatic carbocycles. The second kappa shape index (κ2) is 8.28. The first kappa shape index (κ1) is 14.0. The average molecular weight is 200 g/mol. The third kappa shape index (κ3) is 10.0. The van der Waals surface area contributed by atoms with Gasteiger partial charge in [-0.05, 0) is 33.6 Å². The standard InChI is InChI=1S/C7H14.C6H14O/c1-7-5-3-2-4-6-7;1-5(2)7-6(3)4/h7H,2-6H2,1H3;5-6H,1-4H3. The molecule has 0 spiro atoms. The molecule has 1 saturated carbocycles. The molecule has 0 aromatic heterocycles. The molecule has 0 amide bonds. The minimum atomic E-state index is 0.375. The Bertz CT molecular complexity index is 106. The lowest BCUT2D eigenvalue weighted by Gasteiger charge is -2.15. The Morgan fingerprint density at radius 2 is 1.29 bits per heavy atom. The zero-order chi connectivity index (χ0) is 11.0. The van der Waals surface area contributed by atoms with Crippen LogP contribution in [0.25, 0.3) is 0 Å². The largest absolute Gasteiger partial charge is 0.376 e. The van der Waals surface area contributed by atoms with E-state index in [0.29, 0.717) is 12.2 Å². The molecule has 0 atom stereocenters. The molecule has 0 aromatic rings. The van der Waals surface area contributed by atoms with Crippen LogP contribution in [0.1, 0.15) is 66.7 Å². The highest BCUT2D eigenvalue weighted by Crippen LogP contribution is 2.22. The zero-order valence-electron chi connectivity index (χ0n) is 10.7. The van der Waals surface area contributed by atoms with Gasteiger partial charge in [0.15, 0.2) is 0 Å². The maximum absolute atomic E-state index is 5.25. The molecule has 0 saturated heterocycles. The summed E-state index contributed by atoms with van der Waals surface area (Å²) in [6.07, 6.45) is 8.19. The van der Waals surface area contributed by atoms with Crippen molar-refractivity contribution >= 4 is 0 Å². The first-order valence-corrected chi connectivity index (χ1v) is 6.17. The van der Waals surface area contributed by atoms with Gasteiger partial charge in [0.05, 0.1) is 12.2 Å². The van der Waals surface area contributed by atoms with Gasteiger partial charge in [0.2, 0.25) is 0 Å². The van der Waals surface area contributed by atoms with E-state index in [1.807, 2.05) is 27.7 Å². The van der Waals surface area contributed by atoms with Gasteiger partial charge in [-0.25, -0.2) is 0 Å². The molecular weight excluding hydrogens is 172 g/mol. The molecule has 0 N–H and O–H groups in total. The molecule has 0 aliphatic heterocycles. The third-order valence-electron chi connectivity index (χ3n) is 2.44. The Kier molecular flexibility index (Phi) is 8.26. The number of ether oxygens (including phenoxy) is 1. The van der Waals surface area contributed by atoms with Crippen LogP contribution in [-0.2, 0) is 4.74 Å². The molecule has 1 aliphatic carbocycles. The van der Waals surface area contributed by atoms with Gasteiger partial charge < -0.3 is 4.74 Å². The SMILES string of the molecule is CC(C)OC(C)C.CC1CCCCC1. The number of rotatable bonds is 2. The molecule has 1 aliphatic rings. The summed E-state index contributed by atoms with van der Waals surface area (Å²) in [5.74, 6) is 1.04. The summed E-state index contributed by atoms with van der Waals surface area (Å²) in [6, 6.07) is 0. The smallest absolute Gasteiger partial charge is 0.0522 e. The van der Waals surface area contributed by atoms with Gasteiger partial charge in [0.1, 0.15) is 0 Å². The minimum absolute atomic E-state index is 0.375. The molecule has 1 rings (SSSR count). The number of hydrogen-bond donors (Lipinski definition) is 0. The van der Waals surface area contributed by atoms with Gasteiger partial charge in [-0.15, -0.1) is 0 Å². The van der Waals surface area contributed by atoms with Crippen LogP contribution in [0, 0.1) is 5.92 Å². The van der Waals surface area contributed by atoms with E-state index < -0.39 is 0 Å². The van der Waals surface area contributed by atoms with Gasteiger partial charge in [0, 0.05) is 0 Å². The summed E-state index contributed by atoms with van der Waals surface area (Å²) < 4.78 is 5.25. The van der Waals surface area contributed by atoms with Crippen LogP contribution in [0.15, 0.2) is 0 Å². The summed E-state index contributed by atoms with van der Waals surface area (Å²) in [6.45, 7) is 10.5. The first-order valence-electron chi connectivity index (χ1n) is 6.17. The van der Waals surface area contributed by atoms with Crippen LogP contribution in [0.3, 0.4) is 0 Å². The topological polar surface area (TPSA) is 9.23 Å². The van der Waals surface area contributed by atoms with Gasteiger partial charge in [0.25, 0.3) is 0 Å². The Labute approximate surface area is 90.2 Å². The van der Waals surface area contributed by atoms with Crippen molar-refractivity contribution in [1.82, 2.24) is 0 Å². The van der Waals surface area contributed by atoms with Crippen molar-refractivity contribution in [1.29, 1.82) is 0 Å². The van der Waals surface area contributed by atoms with Gasteiger partial charge in [-0.3, -0.25) is 0 Å². The summed E-state index contributed by atoms with van der Waals surface area (Å²) in [4.78, 5) is 0. The van der Waals surface area contributed by atoms with E-state index in [1.165, 1.54) is 32.1 Å². The summed E-state index contributed by atoms with van der Waals surface area (Å²) in [7, 11) is 0. The summed E-state index contributed by atoms with van der Waals surface area (Å²) in [5, 5.41) is 0. The van der Waals surface area contributed by atoms with Crippen LogP contribution in [0.5, 0.6) is 0 Å². The fourth-order valence-corrected chi connectivity index (χ4v) is 1.85. The van der Waals surface area contributed by atoms with Gasteiger partial charge >= 0.3 is 0 Å². The molecule has 0 unspecified atom stereocenters. The lowest BCUT2D eigenvalue weighted by molar-refractivity contribution is 0.0300. The Balaban J connectivity index is 0.000000241.